The van der Waals surface area contributed by atoms with Crippen LogP contribution in [-0.4, -0.2) is 21.7 Å². The van der Waals surface area contributed by atoms with Crippen molar-refractivity contribution in [3.8, 4) is 5.69 Å². The van der Waals surface area contributed by atoms with Gasteiger partial charge >= 0.3 is 0 Å². The van der Waals surface area contributed by atoms with Gasteiger partial charge in [0.25, 0.3) is 5.91 Å². The van der Waals surface area contributed by atoms with Crippen LogP contribution < -0.4 is 5.32 Å². The lowest BCUT2D eigenvalue weighted by molar-refractivity contribution is -0.00771. The van der Waals surface area contributed by atoms with Crippen molar-refractivity contribution >= 4 is 5.91 Å². The molecule has 5 saturated carbocycles. The van der Waals surface area contributed by atoms with Crippen molar-refractivity contribution in [3.63, 3.8) is 0 Å². The van der Waals surface area contributed by atoms with Crippen LogP contribution in [0.5, 0.6) is 0 Å². The Hall–Kier alpha value is -2.10. The lowest BCUT2D eigenvalue weighted by Gasteiger charge is -2.56. The molecule has 1 N–H and O–H groups in total. The summed E-state index contributed by atoms with van der Waals surface area (Å²) in [6.07, 6.45) is 15.9. The van der Waals surface area contributed by atoms with Gasteiger partial charge in [0, 0.05) is 17.7 Å². The molecule has 0 aliphatic heterocycles. The smallest absolute Gasteiger partial charge is 0.255 e. The number of hydrogen-bond acceptors (Lipinski definition) is 2. The first-order chi connectivity index (χ1) is 14.7. The molecule has 0 spiro atoms. The van der Waals surface area contributed by atoms with Crippen LogP contribution in [0.25, 0.3) is 5.69 Å². The molecule has 7 rings (SSSR count). The van der Waals surface area contributed by atoms with Crippen molar-refractivity contribution < 1.29 is 4.79 Å². The number of hydrogen-bond donors (Lipinski definition) is 1. The number of nitrogens with one attached hydrogen (secondary N) is 1. The van der Waals surface area contributed by atoms with Crippen LogP contribution in [0.4, 0.5) is 0 Å². The van der Waals surface area contributed by atoms with E-state index in [0.29, 0.717) is 6.04 Å². The molecule has 1 amide bonds. The minimum Gasteiger partial charge on any atom is -0.349 e. The zero-order valence-electron chi connectivity index (χ0n) is 17.9. The molecule has 1 aromatic heterocycles. The van der Waals surface area contributed by atoms with Gasteiger partial charge in [-0.15, -0.1) is 0 Å². The number of aromatic nitrogens is 2. The average Bonchev–Trinajstić information content (AvgIpc) is 3.21. The predicted octanol–water partition coefficient (Wildman–Crippen LogP) is 5.40. The molecule has 4 heteroatoms. The number of carbonyl (C=O) groups is 1. The van der Waals surface area contributed by atoms with E-state index in [1.807, 2.05) is 29.1 Å². The Morgan fingerprint density at radius 2 is 1.57 bits per heavy atom. The number of rotatable bonds is 4. The van der Waals surface area contributed by atoms with Crippen LogP contribution in [0, 0.1) is 17.8 Å². The van der Waals surface area contributed by atoms with E-state index in [9.17, 15) is 4.79 Å². The second-order valence-electron chi connectivity index (χ2n) is 10.7. The number of amides is 1. The van der Waals surface area contributed by atoms with Crippen molar-refractivity contribution in [2.45, 2.75) is 82.1 Å². The Kier molecular flexibility index (Phi) is 4.51. The second kappa shape index (κ2) is 7.25. The standard InChI is InChI=1S/C26H33N3O/c30-25(27-21-7-3-1-4-8-21)23-17-29(22-9-5-2-6-10-22)28-24(23)26-14-18-11-19(15-26)13-20(12-18)16-26/h2,5-6,9-10,17-21H,1,3-4,7-8,11-16H2,(H,27,30). The molecule has 4 bridgehead atoms. The molecular weight excluding hydrogens is 370 g/mol. The van der Waals surface area contributed by atoms with Gasteiger partial charge in [0.2, 0.25) is 0 Å². The summed E-state index contributed by atoms with van der Waals surface area (Å²) >= 11 is 0. The maximum atomic E-state index is 13.5. The Labute approximate surface area is 179 Å². The van der Waals surface area contributed by atoms with Crippen molar-refractivity contribution in [1.29, 1.82) is 0 Å². The summed E-state index contributed by atoms with van der Waals surface area (Å²) in [7, 11) is 0. The van der Waals surface area contributed by atoms with E-state index in [1.165, 1.54) is 57.8 Å². The van der Waals surface area contributed by atoms with Crippen molar-refractivity contribution in [3.05, 3.63) is 47.8 Å². The number of para-hydroxylation sites is 1. The van der Waals surface area contributed by atoms with E-state index < -0.39 is 0 Å². The maximum Gasteiger partial charge on any atom is 0.255 e. The lowest BCUT2D eigenvalue weighted by Crippen LogP contribution is -2.49. The lowest BCUT2D eigenvalue weighted by atomic mass is 9.48. The fourth-order valence-electron chi connectivity index (χ4n) is 7.56. The highest BCUT2D eigenvalue weighted by atomic mass is 16.1. The summed E-state index contributed by atoms with van der Waals surface area (Å²) in [4.78, 5) is 13.5. The van der Waals surface area contributed by atoms with Gasteiger partial charge < -0.3 is 5.32 Å². The molecule has 0 atom stereocenters. The maximum absolute atomic E-state index is 13.5. The Bertz CT molecular complexity index is 890. The first kappa shape index (κ1) is 18.7. The van der Waals surface area contributed by atoms with Crippen molar-refractivity contribution in [1.82, 2.24) is 15.1 Å². The average molecular weight is 404 g/mol. The highest BCUT2D eigenvalue weighted by Crippen LogP contribution is 2.60. The molecule has 4 nitrogen and oxygen atoms in total. The van der Waals surface area contributed by atoms with Gasteiger partial charge in [-0.2, -0.15) is 5.10 Å². The third-order valence-corrected chi connectivity index (χ3v) is 8.46. The summed E-state index contributed by atoms with van der Waals surface area (Å²) in [6, 6.07) is 10.6. The van der Waals surface area contributed by atoms with Crippen LogP contribution in [0.3, 0.4) is 0 Å². The van der Waals surface area contributed by atoms with Gasteiger partial charge in [0.1, 0.15) is 0 Å². The molecule has 5 aliphatic rings. The fourth-order valence-corrected chi connectivity index (χ4v) is 7.56. The molecule has 2 aromatic rings. The minimum atomic E-state index is 0.106. The summed E-state index contributed by atoms with van der Waals surface area (Å²) in [5.74, 6) is 2.63. The zero-order chi connectivity index (χ0) is 20.1. The summed E-state index contributed by atoms with van der Waals surface area (Å²) in [5, 5.41) is 8.52. The molecule has 0 radical (unpaired) electrons. The quantitative estimate of drug-likeness (QED) is 0.743. The Balaban J connectivity index is 1.38. The van der Waals surface area contributed by atoms with E-state index in [1.54, 1.807) is 0 Å². The summed E-state index contributed by atoms with van der Waals surface area (Å²) in [5.41, 5.74) is 3.10. The number of benzene rings is 1. The molecule has 30 heavy (non-hydrogen) atoms. The van der Waals surface area contributed by atoms with E-state index >= 15 is 0 Å². The molecule has 5 fully saturated rings. The molecule has 158 valence electrons. The van der Waals surface area contributed by atoms with Crippen molar-refractivity contribution in [2.24, 2.45) is 17.8 Å². The molecule has 5 aliphatic carbocycles. The highest BCUT2D eigenvalue weighted by molar-refractivity contribution is 5.95. The van der Waals surface area contributed by atoms with Crippen LogP contribution in [0.1, 0.15) is 86.7 Å². The zero-order valence-corrected chi connectivity index (χ0v) is 17.9. The molecule has 0 saturated heterocycles. The monoisotopic (exact) mass is 403 g/mol. The van der Waals surface area contributed by atoms with Crippen LogP contribution >= 0.6 is 0 Å². The molecule has 1 aromatic carbocycles. The second-order valence-corrected chi connectivity index (χ2v) is 10.7. The summed E-state index contributed by atoms with van der Waals surface area (Å²) in [6.45, 7) is 0. The largest absolute Gasteiger partial charge is 0.349 e. The normalized spacial score (nSPS) is 33.0. The SMILES string of the molecule is O=C(NC1CCCCC1)c1cn(-c2ccccc2)nc1C12CC3CC(CC(C3)C1)C2. The van der Waals surface area contributed by atoms with Gasteiger partial charge in [-0.25, -0.2) is 4.68 Å². The molecular formula is C26H33N3O. The van der Waals surface area contributed by atoms with Gasteiger partial charge in [-0.05, 0) is 81.3 Å². The van der Waals surface area contributed by atoms with E-state index in [0.717, 1.165) is 47.5 Å². The first-order valence-corrected chi connectivity index (χ1v) is 12.1. The van der Waals surface area contributed by atoms with Gasteiger partial charge in [0.05, 0.1) is 16.9 Å². The molecule has 1 heterocycles. The van der Waals surface area contributed by atoms with Gasteiger partial charge in [-0.1, -0.05) is 37.5 Å². The Morgan fingerprint density at radius 1 is 0.933 bits per heavy atom. The number of nitrogens with zero attached hydrogens (tertiary/aromatic N) is 2. The highest BCUT2D eigenvalue weighted by Gasteiger charge is 2.54. The Morgan fingerprint density at radius 3 is 2.20 bits per heavy atom. The fraction of sp³-hybridized carbons (Fsp3) is 0.615. The third-order valence-electron chi connectivity index (χ3n) is 8.46. The number of carbonyl (C=O) groups excluding carboxylic acids is 1. The van der Waals surface area contributed by atoms with E-state index in [4.69, 9.17) is 5.10 Å². The topological polar surface area (TPSA) is 46.9 Å². The van der Waals surface area contributed by atoms with Gasteiger partial charge in [-0.3, -0.25) is 4.79 Å². The van der Waals surface area contributed by atoms with Gasteiger partial charge in [0.15, 0.2) is 0 Å². The van der Waals surface area contributed by atoms with Crippen LogP contribution in [0.2, 0.25) is 0 Å². The van der Waals surface area contributed by atoms with Crippen molar-refractivity contribution in [2.75, 3.05) is 0 Å². The first-order valence-electron chi connectivity index (χ1n) is 12.1. The predicted molar refractivity (Wildman–Crippen MR) is 118 cm³/mol. The molecule has 0 unspecified atom stereocenters. The minimum absolute atomic E-state index is 0.106. The third kappa shape index (κ3) is 3.19. The summed E-state index contributed by atoms with van der Waals surface area (Å²) < 4.78 is 1.96. The van der Waals surface area contributed by atoms with E-state index in [-0.39, 0.29) is 11.3 Å². The van der Waals surface area contributed by atoms with Crippen LogP contribution in [-0.2, 0) is 5.41 Å². The van der Waals surface area contributed by atoms with Crippen LogP contribution in [0.15, 0.2) is 36.5 Å². The van der Waals surface area contributed by atoms with E-state index in [2.05, 4.69) is 17.4 Å².